The van der Waals surface area contributed by atoms with Crippen LogP contribution >= 0.6 is 34.7 Å². The molecule has 4 heteroatoms. The monoisotopic (exact) mass is 265 g/mol. The normalized spacial score (nSPS) is 10.0. The minimum Gasteiger partial charge on any atom is -0.192 e. The summed E-state index contributed by atoms with van der Waals surface area (Å²) in [4.78, 5) is 0. The average Bonchev–Trinajstić information content (AvgIpc) is 2.80. The third-order valence-electron chi connectivity index (χ3n) is 2.05. The lowest BCUT2D eigenvalue weighted by atomic mass is 10.2. The predicted octanol–water partition coefficient (Wildman–Crippen LogP) is 4.57. The van der Waals surface area contributed by atoms with E-state index < -0.39 is 0 Å². The van der Waals surface area contributed by atoms with Crippen LogP contribution in [0.5, 0.6) is 0 Å². The van der Waals surface area contributed by atoms with Gasteiger partial charge in [-0.15, -0.1) is 23.1 Å². The van der Waals surface area contributed by atoms with Crippen molar-refractivity contribution in [2.45, 2.75) is 9.96 Å². The molecule has 0 aliphatic rings. The summed E-state index contributed by atoms with van der Waals surface area (Å²) in [6.07, 6.45) is 0. The minimum atomic E-state index is 0.606. The van der Waals surface area contributed by atoms with Gasteiger partial charge in [0.05, 0.1) is 15.8 Å². The van der Waals surface area contributed by atoms with Gasteiger partial charge in [0.2, 0.25) is 0 Å². The molecule has 1 aromatic heterocycles. The summed E-state index contributed by atoms with van der Waals surface area (Å²) in [6, 6.07) is 11.6. The Bertz CT molecular complexity index is 514. The first-order chi connectivity index (χ1) is 7.79. The van der Waals surface area contributed by atoms with Gasteiger partial charge in [0.15, 0.2) is 0 Å². The summed E-state index contributed by atoms with van der Waals surface area (Å²) in [5, 5.41) is 11.4. The topological polar surface area (TPSA) is 23.8 Å². The smallest absolute Gasteiger partial charge is 0.0992 e. The molecule has 0 saturated carbocycles. The first kappa shape index (κ1) is 11.5. The molecule has 16 heavy (non-hydrogen) atoms. The third kappa shape index (κ3) is 2.79. The number of nitriles is 1. The standard InChI is InChI=1S/C12H8ClNS2/c13-11-6-9(7-14)3-4-10(11)8-16-12-2-1-5-15-12/h1-6H,8H2. The van der Waals surface area contributed by atoms with Crippen LogP contribution < -0.4 is 0 Å². The molecule has 0 fully saturated rings. The molecule has 0 atom stereocenters. The van der Waals surface area contributed by atoms with Crippen molar-refractivity contribution in [1.82, 2.24) is 0 Å². The molecule has 1 aromatic carbocycles. The molecule has 0 aliphatic heterocycles. The molecule has 0 saturated heterocycles. The summed E-state index contributed by atoms with van der Waals surface area (Å²) < 4.78 is 1.28. The van der Waals surface area contributed by atoms with Crippen LogP contribution in [0, 0.1) is 11.3 Å². The van der Waals surface area contributed by atoms with E-state index in [0.29, 0.717) is 10.6 Å². The maximum absolute atomic E-state index is 8.72. The first-order valence-electron chi connectivity index (χ1n) is 4.64. The summed E-state index contributed by atoms with van der Waals surface area (Å²) in [5.41, 5.74) is 1.67. The highest BCUT2D eigenvalue weighted by Crippen LogP contribution is 2.29. The summed E-state index contributed by atoms with van der Waals surface area (Å²) in [6.45, 7) is 0. The second kappa shape index (κ2) is 5.40. The highest BCUT2D eigenvalue weighted by atomic mass is 35.5. The number of hydrogen-bond donors (Lipinski definition) is 0. The second-order valence-electron chi connectivity index (χ2n) is 3.14. The van der Waals surface area contributed by atoms with Crippen LogP contribution in [0.1, 0.15) is 11.1 Å². The Hall–Kier alpha value is -0.950. The zero-order valence-corrected chi connectivity index (χ0v) is 10.7. The molecule has 80 valence electrons. The SMILES string of the molecule is N#Cc1ccc(CSc2cccs2)c(Cl)c1. The zero-order valence-electron chi connectivity index (χ0n) is 8.31. The Morgan fingerprint density at radius 3 is 2.88 bits per heavy atom. The lowest BCUT2D eigenvalue weighted by Gasteiger charge is -2.02. The van der Waals surface area contributed by atoms with E-state index in [1.54, 1.807) is 35.2 Å². The van der Waals surface area contributed by atoms with E-state index >= 15 is 0 Å². The van der Waals surface area contributed by atoms with E-state index in [1.165, 1.54) is 4.21 Å². The molecule has 2 rings (SSSR count). The quantitative estimate of drug-likeness (QED) is 0.760. The summed E-state index contributed by atoms with van der Waals surface area (Å²) in [7, 11) is 0. The average molecular weight is 266 g/mol. The van der Waals surface area contributed by atoms with Gasteiger partial charge in [-0.05, 0) is 29.1 Å². The highest BCUT2D eigenvalue weighted by Gasteiger charge is 2.03. The van der Waals surface area contributed by atoms with Gasteiger partial charge in [0.25, 0.3) is 0 Å². The number of hydrogen-bond acceptors (Lipinski definition) is 3. The van der Waals surface area contributed by atoms with Crippen molar-refractivity contribution in [3.05, 3.63) is 51.9 Å². The van der Waals surface area contributed by atoms with Crippen molar-refractivity contribution in [2.75, 3.05) is 0 Å². The Morgan fingerprint density at radius 1 is 1.38 bits per heavy atom. The Kier molecular flexibility index (Phi) is 3.89. The molecular weight excluding hydrogens is 258 g/mol. The van der Waals surface area contributed by atoms with Crippen LogP contribution in [0.2, 0.25) is 5.02 Å². The maximum Gasteiger partial charge on any atom is 0.0992 e. The molecule has 2 aromatic rings. The lowest BCUT2D eigenvalue weighted by molar-refractivity contribution is 1.39. The minimum absolute atomic E-state index is 0.606. The molecule has 0 aliphatic carbocycles. The largest absolute Gasteiger partial charge is 0.192 e. The summed E-state index contributed by atoms with van der Waals surface area (Å²) >= 11 is 9.57. The number of benzene rings is 1. The number of thioether (sulfide) groups is 1. The van der Waals surface area contributed by atoms with Gasteiger partial charge in [-0.3, -0.25) is 0 Å². The molecule has 0 bridgehead atoms. The van der Waals surface area contributed by atoms with Crippen LogP contribution in [-0.2, 0) is 5.75 Å². The fourth-order valence-corrected chi connectivity index (χ4v) is 3.34. The van der Waals surface area contributed by atoms with Gasteiger partial charge < -0.3 is 0 Å². The van der Waals surface area contributed by atoms with E-state index in [9.17, 15) is 0 Å². The van der Waals surface area contributed by atoms with Crippen LogP contribution in [0.25, 0.3) is 0 Å². The van der Waals surface area contributed by atoms with Crippen molar-refractivity contribution in [3.63, 3.8) is 0 Å². The van der Waals surface area contributed by atoms with E-state index in [1.807, 2.05) is 12.1 Å². The molecule has 0 spiro atoms. The van der Waals surface area contributed by atoms with Gasteiger partial charge >= 0.3 is 0 Å². The Labute approximate surface area is 108 Å². The van der Waals surface area contributed by atoms with E-state index in [-0.39, 0.29) is 0 Å². The van der Waals surface area contributed by atoms with Crippen molar-refractivity contribution >= 4 is 34.7 Å². The fourth-order valence-electron chi connectivity index (χ4n) is 1.23. The van der Waals surface area contributed by atoms with Crippen molar-refractivity contribution < 1.29 is 0 Å². The Morgan fingerprint density at radius 2 is 2.25 bits per heavy atom. The number of halogens is 1. The second-order valence-corrected chi connectivity index (χ2v) is 5.77. The van der Waals surface area contributed by atoms with Gasteiger partial charge in [-0.25, -0.2) is 0 Å². The predicted molar refractivity (Wildman–Crippen MR) is 70.0 cm³/mol. The third-order valence-corrected chi connectivity index (χ3v) is 4.58. The van der Waals surface area contributed by atoms with E-state index in [4.69, 9.17) is 16.9 Å². The van der Waals surface area contributed by atoms with E-state index in [0.717, 1.165) is 11.3 Å². The molecule has 0 N–H and O–H groups in total. The van der Waals surface area contributed by atoms with Crippen LogP contribution in [0.4, 0.5) is 0 Å². The first-order valence-corrected chi connectivity index (χ1v) is 6.89. The Balaban J connectivity index is 2.08. The fraction of sp³-hybridized carbons (Fsp3) is 0.0833. The zero-order chi connectivity index (χ0) is 11.4. The number of thiophene rings is 1. The molecule has 0 radical (unpaired) electrons. The molecule has 1 nitrogen and oxygen atoms in total. The van der Waals surface area contributed by atoms with Gasteiger partial charge in [-0.1, -0.05) is 23.7 Å². The van der Waals surface area contributed by atoms with Gasteiger partial charge in [0.1, 0.15) is 0 Å². The van der Waals surface area contributed by atoms with Crippen LogP contribution in [-0.4, -0.2) is 0 Å². The lowest BCUT2D eigenvalue weighted by Crippen LogP contribution is -1.83. The van der Waals surface area contributed by atoms with Crippen LogP contribution in [0.3, 0.4) is 0 Å². The van der Waals surface area contributed by atoms with Gasteiger partial charge in [-0.2, -0.15) is 5.26 Å². The molecule has 0 amide bonds. The number of nitrogens with zero attached hydrogens (tertiary/aromatic N) is 1. The molecule has 1 heterocycles. The van der Waals surface area contributed by atoms with E-state index in [2.05, 4.69) is 17.5 Å². The molecular formula is C12H8ClNS2. The number of rotatable bonds is 3. The highest BCUT2D eigenvalue weighted by molar-refractivity contribution is 8.00. The van der Waals surface area contributed by atoms with Gasteiger partial charge in [0, 0.05) is 10.8 Å². The maximum atomic E-state index is 8.72. The van der Waals surface area contributed by atoms with Crippen LogP contribution in [0.15, 0.2) is 39.9 Å². The van der Waals surface area contributed by atoms with Crippen molar-refractivity contribution in [3.8, 4) is 6.07 Å². The molecule has 0 unspecified atom stereocenters. The van der Waals surface area contributed by atoms with Crippen molar-refractivity contribution in [1.29, 1.82) is 5.26 Å². The summed E-state index contributed by atoms with van der Waals surface area (Å²) in [5.74, 6) is 0.838. The van der Waals surface area contributed by atoms with Crippen molar-refractivity contribution in [2.24, 2.45) is 0 Å².